The summed E-state index contributed by atoms with van der Waals surface area (Å²) in [5.41, 5.74) is 18.6. The average molecular weight is 955 g/mol. The van der Waals surface area contributed by atoms with Gasteiger partial charge in [0.25, 0.3) is 0 Å². The first kappa shape index (κ1) is 42.8. The average Bonchev–Trinajstić information content (AvgIpc) is 4.23. The SMILES string of the molecule is N#Cc1cccc(-c2c(C3CCCCC3)c(-n3c4ccccc4c4c5c(ccc43)oc3ccccc35)c(C3CCCCC3)c(-c3cccc(C#N)c3)c2-n2c3ccccc3c3c4c(ccc32)oc2ccccc24)c1. The summed E-state index contributed by atoms with van der Waals surface area (Å²) in [6, 6.07) is 65.6. The number of rotatable bonds is 6. The fraction of sp³-hybridized carbons (Fsp3) is 0.176. The van der Waals surface area contributed by atoms with Crippen molar-refractivity contribution >= 4 is 87.5 Å². The van der Waals surface area contributed by atoms with Crippen molar-refractivity contribution in [2.24, 2.45) is 0 Å². The van der Waals surface area contributed by atoms with Gasteiger partial charge in [-0.3, -0.25) is 0 Å². The summed E-state index contributed by atoms with van der Waals surface area (Å²) >= 11 is 0. The number of para-hydroxylation sites is 4. The van der Waals surface area contributed by atoms with Crippen LogP contribution in [0.15, 0.2) is 179 Å². The zero-order chi connectivity index (χ0) is 49.0. The lowest BCUT2D eigenvalue weighted by Gasteiger charge is -2.37. The lowest BCUT2D eigenvalue weighted by atomic mass is 9.72. The van der Waals surface area contributed by atoms with Gasteiger partial charge in [-0.05, 0) is 133 Å². The number of nitriles is 2. The van der Waals surface area contributed by atoms with E-state index in [4.69, 9.17) is 8.83 Å². The molecule has 2 aliphatic carbocycles. The molecule has 354 valence electrons. The Labute approximate surface area is 427 Å². The standard InChI is InChI=1S/C68H50N4O2/c69-39-41-17-15-23-45(37-41)61-59(43-19-3-1-4-20-43)67(71-51-29-11-7-25-47(51)63-53(71)33-35-57-65(63)49-27-9-13-31-55(49)73-57)60(44-21-5-2-6-22-44)62(46-24-16-18-42(38-46)40-70)68(61)72-52-30-12-8-26-48(52)64-54(72)34-36-58-66(64)50-28-10-14-32-56(50)74-58/h7-18,23-38,43-44H,1-6,19-22H2. The van der Waals surface area contributed by atoms with Crippen LogP contribution in [-0.4, -0.2) is 9.13 Å². The molecule has 2 aliphatic rings. The van der Waals surface area contributed by atoms with E-state index in [1.54, 1.807) is 0 Å². The van der Waals surface area contributed by atoms with Gasteiger partial charge in [0.1, 0.15) is 22.3 Å². The van der Waals surface area contributed by atoms with E-state index < -0.39 is 0 Å². The summed E-state index contributed by atoms with van der Waals surface area (Å²) < 4.78 is 18.5. The molecule has 9 aromatic carbocycles. The van der Waals surface area contributed by atoms with Crippen molar-refractivity contribution in [2.75, 3.05) is 0 Å². The maximum atomic E-state index is 10.8. The molecule has 0 radical (unpaired) electrons. The van der Waals surface area contributed by atoms with Crippen LogP contribution in [-0.2, 0) is 0 Å². The van der Waals surface area contributed by atoms with Gasteiger partial charge in [-0.25, -0.2) is 0 Å². The highest BCUT2D eigenvalue weighted by molar-refractivity contribution is 6.29. The van der Waals surface area contributed by atoms with Crippen molar-refractivity contribution < 1.29 is 8.83 Å². The normalized spacial score (nSPS) is 14.9. The number of hydrogen-bond acceptors (Lipinski definition) is 4. The summed E-state index contributed by atoms with van der Waals surface area (Å²) in [7, 11) is 0. The Bertz CT molecular complexity index is 4450. The Hall–Kier alpha value is -8.84. The van der Waals surface area contributed by atoms with Gasteiger partial charge >= 0.3 is 0 Å². The number of fused-ring (bicyclic) bond motifs is 14. The zero-order valence-corrected chi connectivity index (χ0v) is 41.0. The van der Waals surface area contributed by atoms with Crippen molar-refractivity contribution in [3.63, 3.8) is 0 Å². The lowest BCUT2D eigenvalue weighted by Crippen LogP contribution is -2.20. The van der Waals surface area contributed by atoms with Crippen LogP contribution in [0.1, 0.15) is 98.3 Å². The molecule has 0 unspecified atom stereocenters. The van der Waals surface area contributed by atoms with E-state index in [0.29, 0.717) is 11.1 Å². The Morgan fingerprint density at radius 3 is 1.24 bits per heavy atom. The van der Waals surface area contributed by atoms with Gasteiger partial charge in [0.15, 0.2) is 0 Å². The predicted molar refractivity (Wildman–Crippen MR) is 302 cm³/mol. The topological polar surface area (TPSA) is 83.7 Å². The molecule has 0 atom stereocenters. The minimum absolute atomic E-state index is 0.201. The van der Waals surface area contributed by atoms with E-state index >= 15 is 0 Å². The molecule has 4 heterocycles. The first-order chi connectivity index (χ1) is 36.7. The van der Waals surface area contributed by atoms with Crippen molar-refractivity contribution in [1.29, 1.82) is 10.5 Å². The van der Waals surface area contributed by atoms with Crippen LogP contribution in [0.5, 0.6) is 0 Å². The van der Waals surface area contributed by atoms with E-state index in [-0.39, 0.29) is 11.8 Å². The Morgan fingerprint density at radius 1 is 0.365 bits per heavy atom. The molecular formula is C68H50N4O2. The second-order valence-electron chi connectivity index (χ2n) is 20.9. The third kappa shape index (κ3) is 6.28. The number of aromatic nitrogens is 2. The predicted octanol–water partition coefficient (Wildman–Crippen LogP) is 18.9. The highest BCUT2D eigenvalue weighted by Gasteiger charge is 2.38. The summed E-state index contributed by atoms with van der Waals surface area (Å²) in [5.74, 6) is 0.403. The van der Waals surface area contributed by atoms with Crippen molar-refractivity contribution in [1.82, 2.24) is 9.13 Å². The molecule has 0 N–H and O–H groups in total. The van der Waals surface area contributed by atoms with Gasteiger partial charge in [0.2, 0.25) is 0 Å². The largest absolute Gasteiger partial charge is 0.456 e. The maximum absolute atomic E-state index is 10.8. The molecule has 2 fully saturated rings. The second kappa shape index (κ2) is 16.9. The Kier molecular flexibility index (Phi) is 9.76. The molecular weight excluding hydrogens is 905 g/mol. The molecule has 0 aliphatic heterocycles. The molecule has 0 amide bonds. The molecule has 6 heteroatoms. The monoisotopic (exact) mass is 954 g/mol. The van der Waals surface area contributed by atoms with Crippen molar-refractivity contribution in [3.8, 4) is 45.8 Å². The van der Waals surface area contributed by atoms with Crippen molar-refractivity contribution in [3.05, 3.63) is 192 Å². The van der Waals surface area contributed by atoms with E-state index in [9.17, 15) is 10.5 Å². The first-order valence-electron chi connectivity index (χ1n) is 26.6. The molecule has 0 bridgehead atoms. The highest BCUT2D eigenvalue weighted by atomic mass is 16.3. The molecule has 0 saturated heterocycles. The van der Waals surface area contributed by atoms with Gasteiger partial charge in [0, 0.05) is 54.2 Å². The van der Waals surface area contributed by atoms with Gasteiger partial charge in [-0.1, -0.05) is 136 Å². The highest BCUT2D eigenvalue weighted by Crippen LogP contribution is 2.57. The molecule has 13 aromatic rings. The van der Waals surface area contributed by atoms with Crippen LogP contribution in [0, 0.1) is 22.7 Å². The zero-order valence-electron chi connectivity index (χ0n) is 41.0. The fourth-order valence-electron chi connectivity index (χ4n) is 13.9. The van der Waals surface area contributed by atoms with Gasteiger partial charge in [-0.2, -0.15) is 10.5 Å². The number of nitrogens with zero attached hydrogens (tertiary/aromatic N) is 4. The summed E-state index contributed by atoms with van der Waals surface area (Å²) in [4.78, 5) is 0. The van der Waals surface area contributed by atoms with Gasteiger partial charge < -0.3 is 18.0 Å². The summed E-state index contributed by atoms with van der Waals surface area (Å²) in [5, 5.41) is 30.7. The van der Waals surface area contributed by atoms with Gasteiger partial charge in [0.05, 0.1) is 56.7 Å². The van der Waals surface area contributed by atoms with Crippen LogP contribution < -0.4 is 0 Å². The first-order valence-corrected chi connectivity index (χ1v) is 26.6. The van der Waals surface area contributed by atoms with Crippen LogP contribution in [0.3, 0.4) is 0 Å². The number of hydrogen-bond donors (Lipinski definition) is 0. The van der Waals surface area contributed by atoms with Crippen molar-refractivity contribution in [2.45, 2.75) is 76.0 Å². The molecule has 15 rings (SSSR count). The molecule has 6 nitrogen and oxygen atoms in total. The molecule has 74 heavy (non-hydrogen) atoms. The van der Waals surface area contributed by atoms with Gasteiger partial charge in [-0.15, -0.1) is 0 Å². The molecule has 2 saturated carbocycles. The third-order valence-corrected chi connectivity index (χ3v) is 16.9. The van der Waals surface area contributed by atoms with Crippen LogP contribution in [0.2, 0.25) is 0 Å². The van der Waals surface area contributed by atoms with E-state index in [1.165, 1.54) is 40.4 Å². The van der Waals surface area contributed by atoms with E-state index in [1.807, 2.05) is 18.2 Å². The second-order valence-corrected chi connectivity index (χ2v) is 20.9. The smallest absolute Gasteiger partial charge is 0.136 e. The van der Waals surface area contributed by atoms with Crippen LogP contribution in [0.25, 0.3) is 121 Å². The van der Waals surface area contributed by atoms with Crippen LogP contribution >= 0.6 is 0 Å². The van der Waals surface area contributed by atoms with E-state index in [0.717, 1.165) is 156 Å². The van der Waals surface area contributed by atoms with Crippen LogP contribution in [0.4, 0.5) is 0 Å². The fourth-order valence-corrected chi connectivity index (χ4v) is 13.9. The lowest BCUT2D eigenvalue weighted by molar-refractivity contribution is 0.435. The Balaban J connectivity index is 1.24. The number of benzene rings is 9. The minimum atomic E-state index is 0.201. The summed E-state index contributed by atoms with van der Waals surface area (Å²) in [6.45, 7) is 0. The molecule has 4 aromatic heterocycles. The third-order valence-electron chi connectivity index (χ3n) is 16.9. The quantitative estimate of drug-likeness (QED) is 0.166. The summed E-state index contributed by atoms with van der Waals surface area (Å²) in [6.07, 6.45) is 11.1. The maximum Gasteiger partial charge on any atom is 0.136 e. The minimum Gasteiger partial charge on any atom is -0.456 e. The number of furan rings is 2. The Morgan fingerprint density at radius 2 is 0.784 bits per heavy atom. The molecule has 0 spiro atoms. The van der Waals surface area contributed by atoms with E-state index in [2.05, 4.69) is 173 Å².